The molecule has 7 fully saturated rings. The number of rotatable bonds is 14. The van der Waals surface area contributed by atoms with Crippen molar-refractivity contribution in [1.82, 2.24) is 0 Å². The van der Waals surface area contributed by atoms with Gasteiger partial charge in [0, 0.05) is 37.9 Å². The maximum Gasteiger partial charge on any atom is 0.335 e. The number of benzene rings is 2. The van der Waals surface area contributed by atoms with Crippen LogP contribution in [0.25, 0.3) is 0 Å². The van der Waals surface area contributed by atoms with E-state index in [1.165, 1.54) is 0 Å². The summed E-state index contributed by atoms with van der Waals surface area (Å²) >= 11 is 0. The molecule has 2 aromatic rings. The summed E-state index contributed by atoms with van der Waals surface area (Å²) in [5.41, 5.74) is 4.88. The van der Waals surface area contributed by atoms with Crippen molar-refractivity contribution >= 4 is 53.2 Å². The van der Waals surface area contributed by atoms with Crippen molar-refractivity contribution in [2.24, 2.45) is 37.9 Å². The fourth-order valence-electron chi connectivity index (χ4n) is 9.91. The lowest BCUT2D eigenvalue weighted by atomic mass is 9.90. The minimum atomic E-state index is -3.62. The molecule has 9 rings (SSSR count). The second kappa shape index (κ2) is 25.1. The molecule has 0 atom stereocenters. The highest BCUT2D eigenvalue weighted by Gasteiger charge is 2.46. The van der Waals surface area contributed by atoms with Crippen LogP contribution in [0.3, 0.4) is 0 Å². The molecule has 0 unspecified atom stereocenters. The zero-order valence-electron chi connectivity index (χ0n) is 53.2. The summed E-state index contributed by atoms with van der Waals surface area (Å²) in [6.45, 7) is 37.3. The molecule has 0 aliphatic carbocycles. The molecule has 28 heteroatoms. The first-order chi connectivity index (χ1) is 38.8. The smallest absolute Gasteiger partial charge is 0.308 e. The largest absolute Gasteiger partial charge is 0.335 e. The lowest BCUT2D eigenvalue weighted by molar-refractivity contribution is 0.0399. The van der Waals surface area contributed by atoms with E-state index in [2.05, 4.69) is 0 Å². The van der Waals surface area contributed by atoms with Crippen molar-refractivity contribution in [1.29, 1.82) is 0 Å². The van der Waals surface area contributed by atoms with Gasteiger partial charge in [-0.15, -0.1) is 0 Å². The van der Waals surface area contributed by atoms with Gasteiger partial charge in [-0.2, -0.15) is 0 Å². The van der Waals surface area contributed by atoms with Crippen LogP contribution in [0.15, 0.2) is 12.1 Å². The second-order valence-corrected chi connectivity index (χ2v) is 44.4. The molecule has 85 heavy (non-hydrogen) atoms. The molecule has 7 saturated heterocycles. The quantitative estimate of drug-likeness (QED) is 0.159. The molecule has 0 spiro atoms. The van der Waals surface area contributed by atoms with Crippen molar-refractivity contribution in [3.8, 4) is 0 Å². The third kappa shape index (κ3) is 18.6. The van der Waals surface area contributed by atoms with Crippen molar-refractivity contribution in [3.63, 3.8) is 0 Å². The molecule has 7 aliphatic heterocycles. The molecule has 2 aromatic carbocycles. The summed E-state index contributed by atoms with van der Waals surface area (Å²) in [7, 11) is -24.8. The zero-order chi connectivity index (χ0) is 62.9. The van der Waals surface area contributed by atoms with Gasteiger partial charge in [0.1, 0.15) is 0 Å². The fraction of sp³-hybridized carbons (Fsp3) is 0.789. The Labute approximate surface area is 505 Å². The molecule has 0 N–H and O–H groups in total. The molecule has 484 valence electrons. The van der Waals surface area contributed by atoms with Gasteiger partial charge in [-0.05, 0) is 76.4 Å². The zero-order valence-corrected chi connectivity index (χ0v) is 59.5. The van der Waals surface area contributed by atoms with E-state index in [9.17, 15) is 32.0 Å². The molecule has 0 radical (unpaired) electrons. The first kappa shape index (κ1) is 70.4. The Morgan fingerprint density at radius 3 is 0.494 bits per heavy atom. The second-order valence-electron chi connectivity index (χ2n) is 30.1. The SMILES string of the molecule is CC1(C)COP(=O)(Cc2cc(CP3(=O)OCC(C)(C)CO3)c(CP3(=O)OCC(C)(C)CO3)cc2CP2(=O)OCC(C)(C)CO2)OC1.Cc1c(CP2(=O)OCC(C)(C)CO2)c(C)c(CP2(=O)OCC(C)(C)CO2)c(C)c1CP1(=O)OCC(C)(C)CO1. The molecule has 0 saturated carbocycles. The van der Waals surface area contributed by atoms with Crippen LogP contribution in [0.5, 0.6) is 0 Å². The lowest BCUT2D eigenvalue weighted by Crippen LogP contribution is -2.30. The van der Waals surface area contributed by atoms with Crippen LogP contribution >= 0.6 is 53.2 Å². The molecule has 7 heterocycles. The van der Waals surface area contributed by atoms with Gasteiger partial charge in [-0.25, -0.2) is 0 Å². The van der Waals surface area contributed by atoms with Crippen LogP contribution in [0.2, 0.25) is 0 Å². The highest BCUT2D eigenvalue weighted by atomic mass is 31.2. The van der Waals surface area contributed by atoms with Gasteiger partial charge < -0.3 is 63.3 Å². The Kier molecular flexibility index (Phi) is 20.8. The Morgan fingerprint density at radius 1 is 0.247 bits per heavy atom. The van der Waals surface area contributed by atoms with Gasteiger partial charge in [0.05, 0.1) is 136 Å². The normalized spacial score (nSPS) is 27.8. The lowest BCUT2D eigenvalue weighted by Gasteiger charge is -2.36. The minimum Gasteiger partial charge on any atom is -0.308 e. The van der Waals surface area contributed by atoms with Crippen LogP contribution in [0.1, 0.15) is 153 Å². The highest BCUT2D eigenvalue weighted by molar-refractivity contribution is 7.55. The molecule has 21 nitrogen and oxygen atoms in total. The predicted molar refractivity (Wildman–Crippen MR) is 326 cm³/mol. The predicted octanol–water partition coefficient (Wildman–Crippen LogP) is 16.7. The van der Waals surface area contributed by atoms with Crippen molar-refractivity contribution in [3.05, 3.63) is 67.8 Å². The van der Waals surface area contributed by atoms with Crippen LogP contribution in [0.4, 0.5) is 0 Å². The van der Waals surface area contributed by atoms with E-state index < -0.39 is 53.2 Å². The Morgan fingerprint density at radius 2 is 0.365 bits per heavy atom. The average Bonchev–Trinajstić information content (AvgIpc) is 1.01. The van der Waals surface area contributed by atoms with Gasteiger partial charge in [0.25, 0.3) is 0 Å². The first-order valence-corrected chi connectivity index (χ1v) is 41.3. The van der Waals surface area contributed by atoms with Crippen LogP contribution in [-0.2, 0) is 138 Å². The van der Waals surface area contributed by atoms with E-state index in [0.29, 0.717) is 61.9 Å². The third-order valence-corrected chi connectivity index (χ3v) is 28.2. The van der Waals surface area contributed by atoms with E-state index in [4.69, 9.17) is 63.3 Å². The number of hydrogen-bond acceptors (Lipinski definition) is 21. The van der Waals surface area contributed by atoms with E-state index in [1.54, 1.807) is 12.1 Å². The highest BCUT2D eigenvalue weighted by Crippen LogP contribution is 2.65. The monoisotopic (exact) mass is 1330 g/mol. The summed E-state index contributed by atoms with van der Waals surface area (Å²) in [6, 6.07) is 3.45. The standard InChI is InChI=1S/C30H50O12P4.C27H45O9P3/c1-27(2)15-35-43(31,36-16-27)11-23-9-25(13-45(33)39-19-29(5,6)20-40-45)26(14-46(34)41-21-30(7,8)22-42-46)10-24(23)12-44(32)37-17-28(3,4)18-38-44;1-19-22(10-37(28)31-13-25(4,5)14-32-37)20(2)24(12-39(30)35-17-27(8,9)18-36-39)21(3)23(19)11-38(29)33-15-26(6,7)16-34-38/h9-10H,11-22H2,1-8H3;10-18H2,1-9H3. The van der Waals surface area contributed by atoms with Gasteiger partial charge in [0.2, 0.25) is 0 Å². The summed E-state index contributed by atoms with van der Waals surface area (Å²) in [5, 5.41) is 0. The molecule has 0 bridgehead atoms. The summed E-state index contributed by atoms with van der Waals surface area (Å²) in [6.07, 6.45) is -0.355. The molecule has 0 aromatic heterocycles. The average molecular weight is 1330 g/mol. The molecular formula is C57H95O21P7. The summed E-state index contributed by atoms with van der Waals surface area (Å²) in [4.78, 5) is 0. The van der Waals surface area contributed by atoms with Gasteiger partial charge >= 0.3 is 53.2 Å². The van der Waals surface area contributed by atoms with Crippen LogP contribution < -0.4 is 0 Å². The van der Waals surface area contributed by atoms with E-state index in [-0.39, 0.29) is 134 Å². The summed E-state index contributed by atoms with van der Waals surface area (Å²) < 4.78 is 178. The summed E-state index contributed by atoms with van der Waals surface area (Å²) in [5.74, 6) is 0. The van der Waals surface area contributed by atoms with E-state index >= 15 is 0 Å². The van der Waals surface area contributed by atoms with Crippen LogP contribution in [0, 0.1) is 58.7 Å². The maximum atomic E-state index is 13.9. The van der Waals surface area contributed by atoms with Crippen molar-refractivity contribution in [2.45, 2.75) is 161 Å². The van der Waals surface area contributed by atoms with Crippen molar-refractivity contribution in [2.75, 3.05) is 92.5 Å². The number of hydrogen-bond donors (Lipinski definition) is 0. The van der Waals surface area contributed by atoms with Crippen LogP contribution in [-0.4, -0.2) is 92.5 Å². The van der Waals surface area contributed by atoms with Gasteiger partial charge in [0.15, 0.2) is 0 Å². The van der Waals surface area contributed by atoms with Gasteiger partial charge in [-0.3, -0.25) is 32.0 Å². The molecule has 7 aliphatic rings. The maximum absolute atomic E-state index is 13.9. The third-order valence-electron chi connectivity index (χ3n) is 15.9. The molecular weight excluding hydrogens is 1240 g/mol. The van der Waals surface area contributed by atoms with E-state index in [1.807, 2.05) is 118 Å². The minimum absolute atomic E-state index is 0.0547. The Hall–Kier alpha value is -0.510. The molecule has 0 amide bonds. The van der Waals surface area contributed by atoms with Gasteiger partial charge in [-0.1, -0.05) is 109 Å². The Bertz CT molecular complexity index is 2710. The topological polar surface area (TPSA) is 249 Å². The fourth-order valence-corrected chi connectivity index (χ4v) is 24.8. The first-order valence-electron chi connectivity index (χ1n) is 29.2. The Balaban J connectivity index is 0.000000224. The van der Waals surface area contributed by atoms with Crippen molar-refractivity contribution < 1.29 is 95.3 Å². The van der Waals surface area contributed by atoms with E-state index in [0.717, 1.165) is 33.4 Å².